The topological polar surface area (TPSA) is 65.6 Å². The van der Waals surface area contributed by atoms with Gasteiger partial charge in [0, 0.05) is 0 Å². The van der Waals surface area contributed by atoms with Crippen LogP contribution in [-0.4, -0.2) is 12.5 Å². The van der Waals surface area contributed by atoms with Gasteiger partial charge in [-0.25, -0.2) is 0 Å². The molecule has 78 valence electrons. The smallest absolute Gasteiger partial charge is 0.269 e. The summed E-state index contributed by atoms with van der Waals surface area (Å²) in [6.07, 6.45) is 3.16. The molecule has 4 nitrogen and oxygen atoms in total. The fourth-order valence-electron chi connectivity index (χ4n) is 0.720. The maximum Gasteiger partial charge on any atom is 0.283 e. The monoisotopic (exact) mass is 195 g/mol. The molecule has 0 saturated heterocycles. The summed E-state index contributed by atoms with van der Waals surface area (Å²) >= 11 is 0. The molecule has 0 N–H and O–H groups in total. The number of nitrogens with zero attached hydrogens (tertiary/aromatic N) is 3. The molecule has 0 rings (SSSR count). The van der Waals surface area contributed by atoms with Gasteiger partial charge in [0.15, 0.2) is 0 Å². The first-order valence-electron chi connectivity index (χ1n) is 4.87. The van der Waals surface area contributed by atoms with Crippen molar-refractivity contribution >= 4 is 5.91 Å². The van der Waals surface area contributed by atoms with E-state index < -0.39 is 11.3 Å². The average Bonchev–Trinajstić information content (AvgIpc) is 2.17. The van der Waals surface area contributed by atoms with Crippen LogP contribution in [0.2, 0.25) is 0 Å². The summed E-state index contributed by atoms with van der Waals surface area (Å²) in [7, 11) is 0. The molecule has 0 aromatic carbocycles. The Bertz CT molecular complexity index is 251. The maximum atomic E-state index is 11.2. The number of unbranched alkanes of at least 4 members (excludes halogenated alkanes) is 2. The summed E-state index contributed by atoms with van der Waals surface area (Å²) in [5.74, 6) is -0.462. The zero-order valence-electron chi connectivity index (χ0n) is 9.08. The van der Waals surface area contributed by atoms with Gasteiger partial charge in [-0.2, -0.15) is 10.4 Å². The second kappa shape index (κ2) is 6.25. The van der Waals surface area contributed by atoms with E-state index in [4.69, 9.17) is 5.26 Å². The van der Waals surface area contributed by atoms with Gasteiger partial charge in [0.25, 0.3) is 5.91 Å². The number of amides is 1. The van der Waals surface area contributed by atoms with Crippen molar-refractivity contribution in [1.29, 1.82) is 5.26 Å². The van der Waals surface area contributed by atoms with Gasteiger partial charge in [-0.15, -0.1) is 5.11 Å². The molecule has 0 aromatic rings. The number of carbonyl (C=O) groups is 1. The molecule has 0 unspecified atom stereocenters. The molecule has 0 aliphatic carbocycles. The lowest BCUT2D eigenvalue weighted by Gasteiger charge is -2.07. The van der Waals surface area contributed by atoms with Crippen LogP contribution in [-0.2, 0) is 4.79 Å². The molecular formula is C10H17N3O. The van der Waals surface area contributed by atoms with Crippen LogP contribution >= 0.6 is 0 Å². The van der Waals surface area contributed by atoms with Crippen molar-refractivity contribution in [3.05, 3.63) is 0 Å². The van der Waals surface area contributed by atoms with E-state index in [0.29, 0.717) is 6.54 Å². The highest BCUT2D eigenvalue weighted by molar-refractivity contribution is 5.84. The molecule has 0 radical (unpaired) electrons. The van der Waals surface area contributed by atoms with Crippen molar-refractivity contribution in [2.75, 3.05) is 6.54 Å². The van der Waals surface area contributed by atoms with Crippen molar-refractivity contribution in [3.8, 4) is 6.07 Å². The summed E-state index contributed by atoms with van der Waals surface area (Å²) in [6, 6.07) is 1.89. The van der Waals surface area contributed by atoms with Crippen molar-refractivity contribution in [3.63, 3.8) is 0 Å². The van der Waals surface area contributed by atoms with Crippen LogP contribution in [0.5, 0.6) is 0 Å². The molecule has 14 heavy (non-hydrogen) atoms. The summed E-state index contributed by atoms with van der Waals surface area (Å²) in [6.45, 7) is 5.75. The van der Waals surface area contributed by atoms with E-state index in [1.165, 1.54) is 0 Å². The van der Waals surface area contributed by atoms with Crippen molar-refractivity contribution in [2.45, 2.75) is 40.0 Å². The molecule has 0 fully saturated rings. The standard InChI is InChI=1S/C10H17N3O/c1-4-5-6-7-12-13-9(14)10(2,3)8-11/h4-7H2,1-3H3. The summed E-state index contributed by atoms with van der Waals surface area (Å²) in [4.78, 5) is 11.2. The largest absolute Gasteiger partial charge is 0.283 e. The molecule has 0 saturated carbocycles. The van der Waals surface area contributed by atoms with E-state index in [2.05, 4.69) is 17.2 Å². The Kier molecular flexibility index (Phi) is 5.70. The van der Waals surface area contributed by atoms with E-state index in [1.54, 1.807) is 13.8 Å². The van der Waals surface area contributed by atoms with Crippen molar-refractivity contribution < 1.29 is 4.79 Å². The number of carbonyl (C=O) groups excluding carboxylic acids is 1. The first-order chi connectivity index (χ1) is 6.54. The lowest BCUT2D eigenvalue weighted by atomic mass is 9.95. The third kappa shape index (κ3) is 4.70. The summed E-state index contributed by atoms with van der Waals surface area (Å²) in [5.41, 5.74) is -1.05. The number of rotatable bonds is 5. The average molecular weight is 195 g/mol. The molecule has 0 aliphatic heterocycles. The van der Waals surface area contributed by atoms with Gasteiger partial charge in [0.1, 0.15) is 5.41 Å². The Morgan fingerprint density at radius 3 is 2.57 bits per heavy atom. The minimum Gasteiger partial charge on any atom is -0.269 e. The van der Waals surface area contributed by atoms with E-state index in [9.17, 15) is 4.79 Å². The normalized spacial score (nSPS) is 11.6. The van der Waals surface area contributed by atoms with Crippen LogP contribution in [0.1, 0.15) is 40.0 Å². The predicted octanol–water partition coefficient (Wildman–Crippen LogP) is 2.71. The number of hydrogen-bond acceptors (Lipinski definition) is 3. The molecule has 0 bridgehead atoms. The third-order valence-electron chi connectivity index (χ3n) is 1.84. The van der Waals surface area contributed by atoms with Gasteiger partial charge >= 0.3 is 0 Å². The minimum atomic E-state index is -1.05. The molecule has 4 heteroatoms. The zero-order valence-corrected chi connectivity index (χ0v) is 9.08. The predicted molar refractivity (Wildman–Crippen MR) is 53.6 cm³/mol. The van der Waals surface area contributed by atoms with E-state index in [-0.39, 0.29) is 0 Å². The summed E-state index contributed by atoms with van der Waals surface area (Å²) < 4.78 is 0. The van der Waals surface area contributed by atoms with Crippen molar-refractivity contribution in [2.24, 2.45) is 15.6 Å². The quantitative estimate of drug-likeness (QED) is 0.500. The Morgan fingerprint density at radius 2 is 2.07 bits per heavy atom. The fraction of sp³-hybridized carbons (Fsp3) is 0.800. The highest BCUT2D eigenvalue weighted by Gasteiger charge is 2.26. The number of nitriles is 1. The number of azo groups is 1. The fourth-order valence-corrected chi connectivity index (χ4v) is 0.720. The molecule has 0 spiro atoms. The molecule has 0 heterocycles. The SMILES string of the molecule is CCCCCN=NC(=O)C(C)(C)C#N. The molecule has 0 atom stereocenters. The van der Waals surface area contributed by atoms with Gasteiger partial charge in [0.2, 0.25) is 0 Å². The van der Waals surface area contributed by atoms with Crippen LogP contribution in [0, 0.1) is 16.7 Å². The van der Waals surface area contributed by atoms with E-state index in [1.807, 2.05) is 6.07 Å². The van der Waals surface area contributed by atoms with Crippen LogP contribution in [0.25, 0.3) is 0 Å². The Balaban J connectivity index is 3.90. The lowest BCUT2D eigenvalue weighted by molar-refractivity contribution is -0.123. The lowest BCUT2D eigenvalue weighted by Crippen LogP contribution is -2.19. The molecule has 0 aromatic heterocycles. The van der Waals surface area contributed by atoms with Gasteiger partial charge < -0.3 is 0 Å². The van der Waals surface area contributed by atoms with Crippen LogP contribution < -0.4 is 0 Å². The maximum absolute atomic E-state index is 11.2. The Labute approximate surface area is 85.0 Å². The van der Waals surface area contributed by atoms with Crippen molar-refractivity contribution in [1.82, 2.24) is 0 Å². The van der Waals surface area contributed by atoms with Gasteiger partial charge in [-0.05, 0) is 20.3 Å². The molecule has 1 amide bonds. The van der Waals surface area contributed by atoms with Gasteiger partial charge in [0.05, 0.1) is 12.6 Å². The van der Waals surface area contributed by atoms with Crippen LogP contribution in [0.15, 0.2) is 10.2 Å². The third-order valence-corrected chi connectivity index (χ3v) is 1.84. The second-order valence-electron chi connectivity index (χ2n) is 3.71. The highest BCUT2D eigenvalue weighted by Crippen LogP contribution is 2.15. The summed E-state index contributed by atoms with van der Waals surface area (Å²) in [5, 5.41) is 15.9. The highest BCUT2D eigenvalue weighted by atomic mass is 16.2. The Morgan fingerprint density at radius 1 is 1.43 bits per heavy atom. The first kappa shape index (κ1) is 12.8. The second-order valence-corrected chi connectivity index (χ2v) is 3.71. The Hall–Kier alpha value is -1.24. The minimum absolute atomic E-state index is 0.462. The number of hydrogen-bond donors (Lipinski definition) is 0. The molecule has 0 aliphatic rings. The van der Waals surface area contributed by atoms with E-state index in [0.717, 1.165) is 19.3 Å². The van der Waals surface area contributed by atoms with Crippen LogP contribution in [0.4, 0.5) is 0 Å². The first-order valence-corrected chi connectivity index (χ1v) is 4.87. The zero-order chi connectivity index (χ0) is 11.0. The van der Waals surface area contributed by atoms with Gasteiger partial charge in [-0.1, -0.05) is 19.8 Å². The van der Waals surface area contributed by atoms with Gasteiger partial charge in [-0.3, -0.25) is 4.79 Å². The van der Waals surface area contributed by atoms with E-state index >= 15 is 0 Å². The van der Waals surface area contributed by atoms with Crippen LogP contribution in [0.3, 0.4) is 0 Å². The molecular weight excluding hydrogens is 178 g/mol.